The van der Waals surface area contributed by atoms with Crippen molar-refractivity contribution in [2.24, 2.45) is 0 Å². The van der Waals surface area contributed by atoms with Crippen molar-refractivity contribution in [1.29, 1.82) is 5.26 Å². The van der Waals surface area contributed by atoms with E-state index in [-0.39, 0.29) is 5.82 Å². The zero-order chi connectivity index (χ0) is 15.5. The third-order valence-electron chi connectivity index (χ3n) is 4.32. The Morgan fingerprint density at radius 1 is 1.05 bits per heavy atom. The molecule has 0 saturated carbocycles. The molecule has 4 heteroatoms. The molecule has 1 heterocycles. The molecule has 1 aliphatic carbocycles. The van der Waals surface area contributed by atoms with Crippen LogP contribution in [-0.4, -0.2) is 0 Å². The number of pyridine rings is 1. The molecule has 3 N–H and O–H groups in total. The van der Waals surface area contributed by atoms with E-state index in [1.807, 2.05) is 0 Å². The highest BCUT2D eigenvalue weighted by atomic mass is 19.1. The van der Waals surface area contributed by atoms with Gasteiger partial charge in [0.2, 0.25) is 0 Å². The Morgan fingerprint density at radius 3 is 2.41 bits per heavy atom. The van der Waals surface area contributed by atoms with Gasteiger partial charge >= 0.3 is 0 Å². The molecule has 3 rings (SSSR count). The van der Waals surface area contributed by atoms with Gasteiger partial charge in [0.25, 0.3) is 5.82 Å². The Labute approximate surface area is 129 Å². The number of aryl methyl sites for hydroxylation is 1. The van der Waals surface area contributed by atoms with Crippen LogP contribution in [0.2, 0.25) is 0 Å². The second kappa shape index (κ2) is 6.15. The molecule has 0 saturated heterocycles. The molecule has 0 unspecified atom stereocenters. The molecule has 0 fully saturated rings. The number of nitrogens with zero attached hydrogens (tertiary/aromatic N) is 1. The number of nitrogens with two attached hydrogens (primary N) is 1. The van der Waals surface area contributed by atoms with Crippen LogP contribution < -0.4 is 10.7 Å². The lowest BCUT2D eigenvalue weighted by Gasteiger charge is -2.17. The molecule has 0 radical (unpaired) electrons. The van der Waals surface area contributed by atoms with Crippen molar-refractivity contribution in [3.05, 3.63) is 46.9 Å². The summed E-state index contributed by atoms with van der Waals surface area (Å²) < 4.78 is 13.2. The lowest BCUT2D eigenvalue weighted by molar-refractivity contribution is -0.374. The number of hydrogen-bond donors (Lipinski definition) is 1. The summed E-state index contributed by atoms with van der Waals surface area (Å²) in [7, 11) is 0. The second-order valence-corrected chi connectivity index (χ2v) is 5.78. The minimum absolute atomic E-state index is 0.277. The smallest absolute Gasteiger partial charge is 0.286 e. The molecule has 2 aromatic rings. The maximum atomic E-state index is 13.2. The summed E-state index contributed by atoms with van der Waals surface area (Å²) in [6.45, 7) is 0. The van der Waals surface area contributed by atoms with E-state index in [2.05, 4.69) is 11.1 Å². The Kier molecular flexibility index (Phi) is 4.06. The molecule has 0 bridgehead atoms. The zero-order valence-corrected chi connectivity index (χ0v) is 12.5. The van der Waals surface area contributed by atoms with Crippen LogP contribution in [0, 0.1) is 17.1 Å². The quantitative estimate of drug-likeness (QED) is 0.876. The normalized spacial score (nSPS) is 14.5. The number of aromatic nitrogens is 1. The average molecular weight is 296 g/mol. The van der Waals surface area contributed by atoms with Crippen LogP contribution >= 0.6 is 0 Å². The summed E-state index contributed by atoms with van der Waals surface area (Å²) >= 11 is 0. The number of fused-ring (bicyclic) bond motifs is 1. The maximum Gasteiger partial charge on any atom is 0.289 e. The first kappa shape index (κ1) is 14.5. The number of benzene rings is 1. The van der Waals surface area contributed by atoms with Gasteiger partial charge in [0.1, 0.15) is 23.1 Å². The molecule has 0 aliphatic heterocycles. The average Bonchev–Trinajstić information content (AvgIpc) is 2.49. The summed E-state index contributed by atoms with van der Waals surface area (Å²) in [6, 6.07) is 8.52. The number of halogens is 1. The van der Waals surface area contributed by atoms with Crippen LogP contribution in [0.3, 0.4) is 0 Å². The number of nitriles is 1. The predicted molar refractivity (Wildman–Crippen MR) is 83.4 cm³/mol. The molecule has 3 nitrogen and oxygen atoms in total. The van der Waals surface area contributed by atoms with Crippen LogP contribution in [-0.2, 0) is 12.8 Å². The number of H-pyrrole nitrogens is 1. The largest absolute Gasteiger partial charge is 0.289 e. The molecular formula is C18H19FN3+. The first-order chi connectivity index (χ1) is 10.7. The van der Waals surface area contributed by atoms with Crippen LogP contribution in [0.25, 0.3) is 11.1 Å². The Balaban J connectivity index is 2.25. The molecule has 22 heavy (non-hydrogen) atoms. The highest BCUT2D eigenvalue weighted by molar-refractivity contribution is 5.77. The zero-order valence-electron chi connectivity index (χ0n) is 12.5. The topological polar surface area (TPSA) is 64.0 Å². The van der Waals surface area contributed by atoms with Crippen molar-refractivity contribution in [2.75, 3.05) is 5.73 Å². The van der Waals surface area contributed by atoms with Gasteiger partial charge in [0.05, 0.1) is 0 Å². The first-order valence-electron chi connectivity index (χ1n) is 7.73. The van der Waals surface area contributed by atoms with Gasteiger partial charge in [-0.15, -0.1) is 0 Å². The van der Waals surface area contributed by atoms with Gasteiger partial charge in [-0.2, -0.15) is 5.26 Å². The fourth-order valence-corrected chi connectivity index (χ4v) is 3.23. The van der Waals surface area contributed by atoms with Crippen LogP contribution in [0.5, 0.6) is 0 Å². The highest BCUT2D eigenvalue weighted by Gasteiger charge is 2.23. The SMILES string of the molecule is N#Cc1c(N)[nH+]c2c(c1-c1ccc(F)cc1)CCCCCC2. The predicted octanol–water partition coefficient (Wildman–Crippen LogP) is 3.42. The van der Waals surface area contributed by atoms with Crippen LogP contribution in [0.1, 0.15) is 42.5 Å². The van der Waals surface area contributed by atoms with Gasteiger partial charge in [-0.1, -0.05) is 25.0 Å². The molecular weight excluding hydrogens is 277 g/mol. The lowest BCUT2D eigenvalue weighted by atomic mass is 9.88. The summed E-state index contributed by atoms with van der Waals surface area (Å²) in [5.41, 5.74) is 10.5. The molecule has 0 spiro atoms. The fraction of sp³-hybridized carbons (Fsp3) is 0.333. The van der Waals surface area contributed by atoms with Crippen molar-refractivity contribution in [1.82, 2.24) is 0 Å². The number of nitrogens with one attached hydrogen (secondary N) is 1. The Morgan fingerprint density at radius 2 is 1.73 bits per heavy atom. The lowest BCUT2D eigenvalue weighted by Crippen LogP contribution is -2.23. The van der Waals surface area contributed by atoms with E-state index in [0.29, 0.717) is 11.4 Å². The molecule has 1 aromatic heterocycles. The monoisotopic (exact) mass is 296 g/mol. The first-order valence-corrected chi connectivity index (χ1v) is 7.73. The van der Waals surface area contributed by atoms with Crippen molar-refractivity contribution in [3.63, 3.8) is 0 Å². The standard InChI is InChI=1S/C18H18FN3/c19-13-9-7-12(8-10-13)17-14-5-3-1-2-4-6-16(14)22-18(21)15(17)11-20/h7-10H,1-6H2,(H2,21,22)/p+1. The van der Waals surface area contributed by atoms with Gasteiger partial charge < -0.3 is 0 Å². The highest BCUT2D eigenvalue weighted by Crippen LogP contribution is 2.33. The third-order valence-corrected chi connectivity index (χ3v) is 4.32. The van der Waals surface area contributed by atoms with Crippen LogP contribution in [0.4, 0.5) is 10.2 Å². The fourth-order valence-electron chi connectivity index (χ4n) is 3.23. The van der Waals surface area contributed by atoms with E-state index < -0.39 is 0 Å². The number of nitrogen functional groups attached to an aromatic ring is 1. The minimum atomic E-state index is -0.277. The maximum absolute atomic E-state index is 13.2. The van der Waals surface area contributed by atoms with E-state index in [4.69, 9.17) is 5.73 Å². The van der Waals surface area contributed by atoms with E-state index in [9.17, 15) is 9.65 Å². The minimum Gasteiger partial charge on any atom is -0.286 e. The van der Waals surface area contributed by atoms with E-state index in [1.165, 1.54) is 25.0 Å². The molecule has 0 amide bonds. The van der Waals surface area contributed by atoms with Crippen LogP contribution in [0.15, 0.2) is 24.3 Å². The van der Waals surface area contributed by atoms with Crippen molar-refractivity contribution in [2.45, 2.75) is 38.5 Å². The van der Waals surface area contributed by atoms with Gasteiger partial charge in [-0.3, -0.25) is 5.73 Å². The van der Waals surface area contributed by atoms with E-state index >= 15 is 0 Å². The number of aromatic amines is 1. The van der Waals surface area contributed by atoms with Crippen molar-refractivity contribution < 1.29 is 9.37 Å². The Bertz CT molecular complexity index is 729. The number of rotatable bonds is 1. The number of hydrogen-bond acceptors (Lipinski definition) is 2. The van der Waals surface area contributed by atoms with Gasteiger partial charge in [-0.25, -0.2) is 9.37 Å². The summed E-state index contributed by atoms with van der Waals surface area (Å²) in [4.78, 5) is 3.22. The molecule has 112 valence electrons. The van der Waals surface area contributed by atoms with Gasteiger partial charge in [0.15, 0.2) is 0 Å². The summed E-state index contributed by atoms with van der Waals surface area (Å²) in [5.74, 6) is 0.127. The molecule has 0 atom stereocenters. The molecule has 1 aliphatic rings. The summed E-state index contributed by atoms with van der Waals surface area (Å²) in [6.07, 6.45) is 6.52. The van der Waals surface area contributed by atoms with E-state index in [0.717, 1.165) is 48.1 Å². The van der Waals surface area contributed by atoms with Crippen molar-refractivity contribution in [3.8, 4) is 17.2 Å². The Hall–Kier alpha value is -2.41. The van der Waals surface area contributed by atoms with Gasteiger partial charge in [-0.05, 0) is 37.0 Å². The number of anilines is 1. The van der Waals surface area contributed by atoms with E-state index in [1.54, 1.807) is 12.1 Å². The summed E-state index contributed by atoms with van der Waals surface area (Å²) in [5, 5.41) is 9.52. The van der Waals surface area contributed by atoms with Crippen molar-refractivity contribution >= 4 is 5.82 Å². The van der Waals surface area contributed by atoms with Gasteiger partial charge in [0, 0.05) is 17.5 Å². The third kappa shape index (κ3) is 2.67. The molecule has 1 aromatic carbocycles. The second-order valence-electron chi connectivity index (χ2n) is 5.78.